The maximum Gasteiger partial charge on any atom is 0.243 e. The summed E-state index contributed by atoms with van der Waals surface area (Å²) in [7, 11) is -3.65. The molecule has 0 aliphatic carbocycles. The molecule has 0 saturated heterocycles. The average molecular weight is 500 g/mol. The van der Waals surface area contributed by atoms with E-state index in [0.29, 0.717) is 35.1 Å². The molecular formula is C22H25N7O3S2. The first-order valence-electron chi connectivity index (χ1n) is 10.5. The number of thioether (sulfide) groups is 1. The van der Waals surface area contributed by atoms with E-state index < -0.39 is 15.3 Å². The number of rotatable bonds is 9. The quantitative estimate of drug-likeness (QED) is 0.337. The highest BCUT2D eigenvalue weighted by Crippen LogP contribution is 2.27. The topological polar surface area (TPSA) is 147 Å². The Hall–Kier alpha value is -3.40. The first kappa shape index (κ1) is 25.2. The third-order valence-electron chi connectivity index (χ3n) is 5.01. The Morgan fingerprint density at radius 3 is 2.59 bits per heavy atom. The number of hydrogen-bond donors (Lipinski definition) is 2. The van der Waals surface area contributed by atoms with E-state index in [4.69, 9.17) is 11.1 Å². The average Bonchev–Trinajstić information content (AvgIpc) is 3.19. The van der Waals surface area contributed by atoms with Crippen LogP contribution in [0.1, 0.15) is 26.3 Å². The van der Waals surface area contributed by atoms with Crippen LogP contribution in [0.4, 0.5) is 5.69 Å². The zero-order valence-electron chi connectivity index (χ0n) is 19.0. The summed E-state index contributed by atoms with van der Waals surface area (Å²) in [6.07, 6.45) is 0. The lowest BCUT2D eigenvalue weighted by molar-refractivity contribution is -0.115. The number of amides is 1. The highest BCUT2D eigenvalue weighted by Gasteiger charge is 2.24. The minimum Gasteiger partial charge on any atom is -0.335 e. The van der Waals surface area contributed by atoms with E-state index in [9.17, 15) is 13.2 Å². The Morgan fingerprint density at radius 1 is 1.21 bits per heavy atom. The van der Waals surface area contributed by atoms with Crippen LogP contribution >= 0.6 is 11.8 Å². The molecule has 0 aliphatic heterocycles. The van der Waals surface area contributed by atoms with Gasteiger partial charge in [-0.25, -0.2) is 13.1 Å². The van der Waals surface area contributed by atoms with Gasteiger partial charge in [-0.3, -0.25) is 4.79 Å². The van der Waals surface area contributed by atoms with E-state index in [1.807, 2.05) is 6.07 Å². The molecule has 2 aromatic carbocycles. The molecule has 1 amide bonds. The standard InChI is InChI=1S/C22H25N7O3S2/c1-4-28(5-2)34(31,32)19-11-7-9-17(13-19)20-26-27-22(29(20)24)33-15(3)21(30)25-18-10-6-8-16(12-18)14-23/h6-13,15H,4-5,24H2,1-3H3,(H,25,30). The lowest BCUT2D eigenvalue weighted by Gasteiger charge is -2.18. The van der Waals surface area contributed by atoms with Gasteiger partial charge in [0, 0.05) is 24.3 Å². The van der Waals surface area contributed by atoms with Crippen molar-refractivity contribution in [3.8, 4) is 17.5 Å². The van der Waals surface area contributed by atoms with Crippen LogP contribution in [0.2, 0.25) is 0 Å². The lowest BCUT2D eigenvalue weighted by atomic mass is 10.2. The Kier molecular flexibility index (Phi) is 7.93. The fourth-order valence-corrected chi connectivity index (χ4v) is 5.46. The van der Waals surface area contributed by atoms with Crippen molar-refractivity contribution in [2.75, 3.05) is 24.2 Å². The number of nitrogen functional groups attached to an aromatic ring is 1. The van der Waals surface area contributed by atoms with Crippen LogP contribution < -0.4 is 11.2 Å². The number of sulfonamides is 1. The Labute approximate surface area is 202 Å². The number of carbonyl (C=O) groups is 1. The summed E-state index contributed by atoms with van der Waals surface area (Å²) in [6.45, 7) is 5.97. The van der Waals surface area contributed by atoms with Crippen LogP contribution in [0.25, 0.3) is 11.4 Å². The molecular weight excluding hydrogens is 474 g/mol. The normalized spacial score (nSPS) is 12.3. The van der Waals surface area contributed by atoms with Gasteiger partial charge >= 0.3 is 0 Å². The molecule has 12 heteroatoms. The van der Waals surface area contributed by atoms with Crippen LogP contribution in [0.3, 0.4) is 0 Å². The summed E-state index contributed by atoms with van der Waals surface area (Å²) in [5, 5.41) is 19.7. The molecule has 0 bridgehead atoms. The van der Waals surface area contributed by atoms with E-state index in [2.05, 4.69) is 15.5 Å². The molecule has 3 aromatic rings. The largest absolute Gasteiger partial charge is 0.335 e. The maximum atomic E-state index is 12.9. The summed E-state index contributed by atoms with van der Waals surface area (Å²) < 4.78 is 28.3. The smallest absolute Gasteiger partial charge is 0.243 e. The van der Waals surface area contributed by atoms with Crippen LogP contribution in [-0.4, -0.2) is 51.8 Å². The second kappa shape index (κ2) is 10.7. The van der Waals surface area contributed by atoms with Crippen LogP contribution in [0.5, 0.6) is 0 Å². The minimum absolute atomic E-state index is 0.137. The molecule has 1 aromatic heterocycles. The monoisotopic (exact) mass is 499 g/mol. The van der Waals surface area contributed by atoms with E-state index >= 15 is 0 Å². The molecule has 10 nitrogen and oxygen atoms in total. The van der Waals surface area contributed by atoms with Gasteiger partial charge in [-0.15, -0.1) is 10.2 Å². The number of benzene rings is 2. The first-order chi connectivity index (χ1) is 16.2. The van der Waals surface area contributed by atoms with Gasteiger partial charge in [0.15, 0.2) is 5.82 Å². The molecule has 34 heavy (non-hydrogen) atoms. The van der Waals surface area contributed by atoms with E-state index in [1.165, 1.54) is 21.1 Å². The van der Waals surface area contributed by atoms with Crippen molar-refractivity contribution in [1.29, 1.82) is 5.26 Å². The third kappa shape index (κ3) is 5.39. The van der Waals surface area contributed by atoms with Crippen molar-refractivity contribution in [1.82, 2.24) is 19.2 Å². The number of anilines is 1. The summed E-state index contributed by atoms with van der Waals surface area (Å²) in [5.74, 6) is 6.17. The summed E-state index contributed by atoms with van der Waals surface area (Å²) in [4.78, 5) is 12.7. The Bertz CT molecular complexity index is 1330. The van der Waals surface area contributed by atoms with Gasteiger partial charge in [0.05, 0.1) is 21.8 Å². The highest BCUT2D eigenvalue weighted by molar-refractivity contribution is 8.00. The number of hydrogen-bond acceptors (Lipinski definition) is 8. The molecule has 0 spiro atoms. The number of nitriles is 1. The fraction of sp³-hybridized carbons (Fsp3) is 0.273. The number of nitrogens with one attached hydrogen (secondary N) is 1. The van der Waals surface area contributed by atoms with Crippen LogP contribution in [0.15, 0.2) is 58.6 Å². The molecule has 0 aliphatic rings. The van der Waals surface area contributed by atoms with Gasteiger partial charge < -0.3 is 11.2 Å². The molecule has 0 fully saturated rings. The zero-order valence-corrected chi connectivity index (χ0v) is 20.6. The summed E-state index contributed by atoms with van der Waals surface area (Å²) in [6, 6.07) is 15.0. The van der Waals surface area contributed by atoms with Crippen molar-refractivity contribution in [2.24, 2.45) is 0 Å². The second-order valence-corrected chi connectivity index (χ2v) is 10.5. The van der Waals surface area contributed by atoms with Gasteiger partial charge in [-0.2, -0.15) is 9.57 Å². The van der Waals surface area contributed by atoms with Gasteiger partial charge in [-0.1, -0.05) is 43.8 Å². The minimum atomic E-state index is -3.65. The maximum absolute atomic E-state index is 12.9. The summed E-state index contributed by atoms with van der Waals surface area (Å²) >= 11 is 1.11. The van der Waals surface area contributed by atoms with Crippen LogP contribution in [-0.2, 0) is 14.8 Å². The first-order valence-corrected chi connectivity index (χ1v) is 12.8. The van der Waals surface area contributed by atoms with Crippen LogP contribution in [0, 0.1) is 11.3 Å². The van der Waals surface area contributed by atoms with Gasteiger partial charge in [0.2, 0.25) is 21.1 Å². The molecule has 0 saturated carbocycles. The lowest BCUT2D eigenvalue weighted by Crippen LogP contribution is -2.30. The molecule has 1 unspecified atom stereocenters. The Balaban J connectivity index is 1.78. The highest BCUT2D eigenvalue weighted by atomic mass is 32.2. The third-order valence-corrected chi connectivity index (χ3v) is 8.11. The van der Waals surface area contributed by atoms with E-state index in [-0.39, 0.29) is 16.6 Å². The molecule has 178 valence electrons. The predicted molar refractivity (Wildman–Crippen MR) is 131 cm³/mol. The zero-order chi connectivity index (χ0) is 24.9. The van der Waals surface area contributed by atoms with Crippen molar-refractivity contribution in [3.05, 3.63) is 54.1 Å². The van der Waals surface area contributed by atoms with Crippen molar-refractivity contribution in [3.63, 3.8) is 0 Å². The fourth-order valence-electron chi connectivity index (χ4n) is 3.18. The SMILES string of the molecule is CCN(CC)S(=O)(=O)c1cccc(-c2nnc(SC(C)C(=O)Nc3cccc(C#N)c3)n2N)c1. The summed E-state index contributed by atoms with van der Waals surface area (Å²) in [5.41, 5.74) is 1.44. The number of nitrogens with two attached hydrogens (primary N) is 1. The number of carbonyl (C=O) groups excluding carboxylic acids is 1. The molecule has 3 N–H and O–H groups in total. The Morgan fingerprint density at radius 2 is 1.91 bits per heavy atom. The van der Waals surface area contributed by atoms with Crippen molar-refractivity contribution < 1.29 is 13.2 Å². The second-order valence-electron chi connectivity index (χ2n) is 7.24. The van der Waals surface area contributed by atoms with E-state index in [1.54, 1.807) is 57.2 Å². The number of aromatic nitrogens is 3. The van der Waals surface area contributed by atoms with Crippen molar-refractivity contribution in [2.45, 2.75) is 36.1 Å². The van der Waals surface area contributed by atoms with Gasteiger partial charge in [-0.05, 0) is 37.3 Å². The van der Waals surface area contributed by atoms with Crippen molar-refractivity contribution >= 4 is 33.4 Å². The van der Waals surface area contributed by atoms with Gasteiger partial charge in [0.25, 0.3) is 0 Å². The molecule has 0 radical (unpaired) electrons. The number of nitrogens with zero attached hydrogens (tertiary/aromatic N) is 5. The molecule has 1 heterocycles. The van der Waals surface area contributed by atoms with E-state index in [0.717, 1.165) is 11.8 Å². The van der Waals surface area contributed by atoms with Gasteiger partial charge in [0.1, 0.15) is 0 Å². The molecule has 1 atom stereocenters. The molecule has 3 rings (SSSR count). The predicted octanol–water partition coefficient (Wildman–Crippen LogP) is 2.68.